The van der Waals surface area contributed by atoms with Crippen molar-refractivity contribution in [2.24, 2.45) is 0 Å². The molecule has 2 aromatic heterocycles. The molecule has 0 saturated heterocycles. The van der Waals surface area contributed by atoms with E-state index >= 15 is 0 Å². The summed E-state index contributed by atoms with van der Waals surface area (Å²) < 4.78 is 6.30. The van der Waals surface area contributed by atoms with Crippen LogP contribution < -0.4 is 4.74 Å². The van der Waals surface area contributed by atoms with Gasteiger partial charge in [-0.05, 0) is 44.1 Å². The van der Waals surface area contributed by atoms with Gasteiger partial charge in [0.1, 0.15) is 17.3 Å². The molecule has 6 nitrogen and oxygen atoms in total. The van der Waals surface area contributed by atoms with Crippen molar-refractivity contribution in [1.82, 2.24) is 14.9 Å². The predicted octanol–water partition coefficient (Wildman–Crippen LogP) is 2.88. The zero-order chi connectivity index (χ0) is 18.3. The maximum atomic E-state index is 11.6. The molecule has 0 aliphatic heterocycles. The minimum absolute atomic E-state index is 0.120. The predicted molar refractivity (Wildman–Crippen MR) is 101 cm³/mol. The van der Waals surface area contributed by atoms with Crippen LogP contribution in [-0.2, 0) is 11.2 Å². The minimum Gasteiger partial charge on any atom is -0.474 e. The number of amides is 1. The Balaban J connectivity index is 1.53. The van der Waals surface area contributed by atoms with Crippen LogP contribution in [0.15, 0.2) is 6.33 Å². The number of fused-ring (bicyclic) bond motifs is 3. The lowest BCUT2D eigenvalue weighted by Gasteiger charge is -2.34. The fourth-order valence-electron chi connectivity index (χ4n) is 4.28. The first-order valence-electron chi connectivity index (χ1n) is 9.35. The van der Waals surface area contributed by atoms with E-state index in [-0.39, 0.29) is 24.5 Å². The van der Waals surface area contributed by atoms with E-state index in [2.05, 4.69) is 9.97 Å². The van der Waals surface area contributed by atoms with E-state index in [0.29, 0.717) is 11.9 Å². The Bertz CT molecular complexity index is 814. The van der Waals surface area contributed by atoms with E-state index in [1.54, 1.807) is 24.6 Å². The van der Waals surface area contributed by atoms with E-state index < -0.39 is 0 Å². The van der Waals surface area contributed by atoms with E-state index in [0.717, 1.165) is 48.7 Å². The lowest BCUT2D eigenvalue weighted by Crippen LogP contribution is -2.40. The van der Waals surface area contributed by atoms with Crippen molar-refractivity contribution in [2.75, 3.05) is 13.7 Å². The van der Waals surface area contributed by atoms with Gasteiger partial charge in [-0.3, -0.25) is 4.79 Å². The van der Waals surface area contributed by atoms with Gasteiger partial charge in [0.2, 0.25) is 11.8 Å². The molecule has 2 heterocycles. The summed E-state index contributed by atoms with van der Waals surface area (Å²) in [5.41, 5.74) is 1.20. The quantitative estimate of drug-likeness (QED) is 0.889. The van der Waals surface area contributed by atoms with Crippen LogP contribution in [0.2, 0.25) is 0 Å². The molecular formula is C19H25N3O3S. The minimum atomic E-state index is 0.120. The van der Waals surface area contributed by atoms with E-state index in [4.69, 9.17) is 4.74 Å². The number of aromatic nitrogens is 2. The van der Waals surface area contributed by atoms with Crippen LogP contribution in [0.3, 0.4) is 0 Å². The molecule has 4 rings (SSSR count). The molecule has 0 unspecified atom stereocenters. The molecule has 2 aromatic rings. The summed E-state index contributed by atoms with van der Waals surface area (Å²) in [7, 11) is 1.88. The van der Waals surface area contributed by atoms with Gasteiger partial charge in [0, 0.05) is 30.8 Å². The van der Waals surface area contributed by atoms with Crippen molar-refractivity contribution in [3.63, 3.8) is 0 Å². The number of nitrogens with zero attached hydrogens (tertiary/aromatic N) is 3. The number of carbonyl (C=O) groups is 1. The average molecular weight is 375 g/mol. The van der Waals surface area contributed by atoms with Crippen molar-refractivity contribution in [1.29, 1.82) is 0 Å². The Kier molecular flexibility index (Phi) is 4.84. The first-order chi connectivity index (χ1) is 12.6. The maximum Gasteiger partial charge on any atom is 0.225 e. The first kappa shape index (κ1) is 17.7. The molecule has 2 aliphatic rings. The molecular weight excluding hydrogens is 350 g/mol. The molecule has 0 aromatic carbocycles. The van der Waals surface area contributed by atoms with Crippen LogP contribution in [0.4, 0.5) is 0 Å². The third kappa shape index (κ3) is 3.07. The Morgan fingerprint density at radius 2 is 2.08 bits per heavy atom. The molecule has 26 heavy (non-hydrogen) atoms. The van der Waals surface area contributed by atoms with Crippen molar-refractivity contribution in [3.8, 4) is 5.88 Å². The normalized spacial score (nSPS) is 25.3. The SMILES string of the molecule is CC(=O)N(C)C1CCC(Oc2ncnc3sc4c(c23)[C@H](CO)CC4)CC1. The van der Waals surface area contributed by atoms with Crippen molar-refractivity contribution < 1.29 is 14.6 Å². The Hall–Kier alpha value is -1.73. The fourth-order valence-corrected chi connectivity index (χ4v) is 5.51. The monoisotopic (exact) mass is 375 g/mol. The highest BCUT2D eigenvalue weighted by Crippen LogP contribution is 2.46. The topological polar surface area (TPSA) is 75.6 Å². The third-order valence-electron chi connectivity index (χ3n) is 5.88. The van der Waals surface area contributed by atoms with Gasteiger partial charge in [-0.15, -0.1) is 11.3 Å². The van der Waals surface area contributed by atoms with Gasteiger partial charge >= 0.3 is 0 Å². The highest BCUT2D eigenvalue weighted by atomic mass is 32.1. The van der Waals surface area contributed by atoms with E-state index in [1.807, 2.05) is 11.9 Å². The van der Waals surface area contributed by atoms with Crippen LogP contribution in [0.25, 0.3) is 10.2 Å². The maximum absolute atomic E-state index is 11.6. The summed E-state index contributed by atoms with van der Waals surface area (Å²) in [6.45, 7) is 1.78. The molecule has 7 heteroatoms. The number of hydrogen-bond acceptors (Lipinski definition) is 6. The second kappa shape index (κ2) is 7.12. The molecule has 0 spiro atoms. The highest BCUT2D eigenvalue weighted by Gasteiger charge is 2.31. The summed E-state index contributed by atoms with van der Waals surface area (Å²) >= 11 is 1.70. The van der Waals surface area contributed by atoms with Crippen LogP contribution >= 0.6 is 11.3 Å². The molecule has 2 aliphatic carbocycles. The van der Waals surface area contributed by atoms with Crippen LogP contribution in [0.5, 0.6) is 5.88 Å². The highest BCUT2D eigenvalue weighted by molar-refractivity contribution is 7.19. The van der Waals surface area contributed by atoms with Crippen molar-refractivity contribution >= 4 is 27.5 Å². The summed E-state index contributed by atoms with van der Waals surface area (Å²) in [4.78, 5) is 24.5. The molecule has 1 fully saturated rings. The largest absolute Gasteiger partial charge is 0.474 e. The van der Waals surface area contributed by atoms with Gasteiger partial charge in [0.05, 0.1) is 12.0 Å². The molecule has 0 bridgehead atoms. The van der Waals surface area contributed by atoms with Crippen molar-refractivity contribution in [2.45, 2.75) is 63.5 Å². The van der Waals surface area contributed by atoms with Gasteiger partial charge in [-0.2, -0.15) is 0 Å². The van der Waals surface area contributed by atoms with Crippen LogP contribution in [-0.4, -0.2) is 51.7 Å². The molecule has 1 atom stereocenters. The van der Waals surface area contributed by atoms with Crippen LogP contribution in [0, 0.1) is 0 Å². The summed E-state index contributed by atoms with van der Waals surface area (Å²) in [5.74, 6) is 0.957. The lowest BCUT2D eigenvalue weighted by atomic mass is 9.92. The van der Waals surface area contributed by atoms with E-state index in [9.17, 15) is 9.90 Å². The molecule has 0 radical (unpaired) electrons. The number of thiophene rings is 1. The van der Waals surface area contributed by atoms with Crippen LogP contribution in [0.1, 0.15) is 55.4 Å². The summed E-state index contributed by atoms with van der Waals surface area (Å²) in [5, 5.41) is 10.7. The summed E-state index contributed by atoms with van der Waals surface area (Å²) in [6.07, 6.45) is 7.44. The standard InChI is InChI=1S/C19H25N3O3S/c1-11(24)22(2)13-4-6-14(7-5-13)25-18-17-16-12(9-23)3-8-15(16)26-19(17)21-10-20-18/h10,12-14,23H,3-9H2,1-2H3/t12-,13?,14?/m0/s1. The van der Waals surface area contributed by atoms with Gasteiger partial charge in [-0.1, -0.05) is 0 Å². The van der Waals surface area contributed by atoms with Gasteiger partial charge in [-0.25, -0.2) is 9.97 Å². The Morgan fingerprint density at radius 3 is 2.77 bits per heavy atom. The number of aryl methyl sites for hydroxylation is 1. The zero-order valence-corrected chi connectivity index (χ0v) is 16.1. The zero-order valence-electron chi connectivity index (χ0n) is 15.3. The molecule has 140 valence electrons. The van der Waals surface area contributed by atoms with Crippen molar-refractivity contribution in [3.05, 3.63) is 16.8 Å². The van der Waals surface area contributed by atoms with Gasteiger partial charge in [0.25, 0.3) is 0 Å². The second-order valence-electron chi connectivity index (χ2n) is 7.39. The lowest BCUT2D eigenvalue weighted by molar-refractivity contribution is -0.130. The first-order valence-corrected chi connectivity index (χ1v) is 10.2. The number of aliphatic hydroxyl groups is 1. The Labute approximate surface area is 157 Å². The fraction of sp³-hybridized carbons (Fsp3) is 0.632. The van der Waals surface area contributed by atoms with Gasteiger partial charge in [0.15, 0.2) is 0 Å². The number of rotatable bonds is 4. The number of carbonyl (C=O) groups excluding carboxylic acids is 1. The average Bonchev–Trinajstić information content (AvgIpc) is 3.20. The number of aliphatic hydroxyl groups excluding tert-OH is 1. The summed E-state index contributed by atoms with van der Waals surface area (Å²) in [6, 6.07) is 0.307. The van der Waals surface area contributed by atoms with Gasteiger partial charge < -0.3 is 14.7 Å². The molecule has 1 N–H and O–H groups in total. The molecule has 1 saturated carbocycles. The second-order valence-corrected chi connectivity index (χ2v) is 8.48. The smallest absolute Gasteiger partial charge is 0.225 e. The number of ether oxygens (including phenoxy) is 1. The Morgan fingerprint density at radius 1 is 1.31 bits per heavy atom. The molecule has 1 amide bonds. The number of hydrogen-bond donors (Lipinski definition) is 1. The van der Waals surface area contributed by atoms with E-state index in [1.165, 1.54) is 10.4 Å². The third-order valence-corrected chi connectivity index (χ3v) is 7.06.